The smallest absolute Gasteiger partial charge is 0.251 e. The van der Waals surface area contributed by atoms with E-state index in [4.69, 9.17) is 4.74 Å². The minimum atomic E-state index is -0.102. The van der Waals surface area contributed by atoms with E-state index in [1.807, 2.05) is 35.0 Å². The van der Waals surface area contributed by atoms with Gasteiger partial charge in [0.25, 0.3) is 5.91 Å². The molecular weight excluding hydrogens is 316 g/mol. The number of carbonyl (C=O) groups is 1. The van der Waals surface area contributed by atoms with E-state index >= 15 is 0 Å². The van der Waals surface area contributed by atoms with Crippen LogP contribution in [0.25, 0.3) is 11.0 Å². The van der Waals surface area contributed by atoms with Crippen molar-refractivity contribution in [3.05, 3.63) is 59.7 Å². The number of rotatable bonds is 5. The van der Waals surface area contributed by atoms with Gasteiger partial charge in [0.05, 0.1) is 18.2 Å². The van der Waals surface area contributed by atoms with Gasteiger partial charge in [0.15, 0.2) is 0 Å². The molecule has 3 aromatic rings. The molecule has 1 aliphatic heterocycles. The number of ether oxygens (including phenoxy) is 1. The van der Waals surface area contributed by atoms with Crippen LogP contribution < -0.4 is 5.32 Å². The number of hydrogen-bond acceptors (Lipinski definition) is 4. The van der Waals surface area contributed by atoms with Crippen LogP contribution >= 0.6 is 0 Å². The predicted molar refractivity (Wildman–Crippen MR) is 94.4 cm³/mol. The summed E-state index contributed by atoms with van der Waals surface area (Å²) in [5.41, 5.74) is 3.39. The lowest BCUT2D eigenvalue weighted by Crippen LogP contribution is -2.31. The van der Waals surface area contributed by atoms with Crippen LogP contribution in [0.2, 0.25) is 0 Å². The van der Waals surface area contributed by atoms with Gasteiger partial charge in [0.1, 0.15) is 5.52 Å². The largest absolute Gasteiger partial charge is 0.376 e. The van der Waals surface area contributed by atoms with Gasteiger partial charge in [-0.25, -0.2) is 4.68 Å². The number of benzene rings is 2. The van der Waals surface area contributed by atoms with Crippen LogP contribution in [0.1, 0.15) is 28.8 Å². The first kappa shape index (κ1) is 15.8. The summed E-state index contributed by atoms with van der Waals surface area (Å²) >= 11 is 0. The first-order chi connectivity index (χ1) is 12.3. The highest BCUT2D eigenvalue weighted by Gasteiger charge is 2.17. The lowest BCUT2D eigenvalue weighted by molar-refractivity contribution is 0.0858. The summed E-state index contributed by atoms with van der Waals surface area (Å²) in [6.45, 7) is 2.00. The predicted octanol–water partition coefficient (Wildman–Crippen LogP) is 2.39. The summed E-state index contributed by atoms with van der Waals surface area (Å²) in [6, 6.07) is 15.6. The molecule has 6 nitrogen and oxygen atoms in total. The van der Waals surface area contributed by atoms with Crippen molar-refractivity contribution < 1.29 is 9.53 Å². The van der Waals surface area contributed by atoms with Crippen LogP contribution in [0.5, 0.6) is 0 Å². The molecule has 4 rings (SSSR count). The summed E-state index contributed by atoms with van der Waals surface area (Å²) < 4.78 is 7.37. The van der Waals surface area contributed by atoms with Crippen LogP contribution in [0, 0.1) is 0 Å². The summed E-state index contributed by atoms with van der Waals surface area (Å²) in [5, 5.41) is 11.4. The van der Waals surface area contributed by atoms with E-state index in [0.717, 1.165) is 36.0 Å². The number of amides is 1. The third-order valence-corrected chi connectivity index (χ3v) is 4.47. The molecule has 6 heteroatoms. The Bertz CT molecular complexity index is 870. The van der Waals surface area contributed by atoms with Crippen LogP contribution in [0.3, 0.4) is 0 Å². The molecule has 2 aromatic carbocycles. The second-order valence-corrected chi connectivity index (χ2v) is 6.28. The topological polar surface area (TPSA) is 69.0 Å². The molecule has 128 valence electrons. The van der Waals surface area contributed by atoms with Crippen molar-refractivity contribution in [3.8, 4) is 0 Å². The van der Waals surface area contributed by atoms with Gasteiger partial charge in [0.2, 0.25) is 0 Å². The van der Waals surface area contributed by atoms with Gasteiger partial charge in [-0.3, -0.25) is 4.79 Å². The van der Waals surface area contributed by atoms with Crippen molar-refractivity contribution >= 4 is 16.9 Å². The maximum atomic E-state index is 12.3. The molecule has 1 amide bonds. The minimum absolute atomic E-state index is 0.102. The molecule has 0 unspecified atom stereocenters. The Balaban J connectivity index is 1.48. The Morgan fingerprint density at radius 1 is 1.24 bits per heavy atom. The van der Waals surface area contributed by atoms with Gasteiger partial charge in [-0.1, -0.05) is 35.5 Å². The first-order valence-electron chi connectivity index (χ1n) is 8.56. The van der Waals surface area contributed by atoms with Crippen molar-refractivity contribution in [1.29, 1.82) is 0 Å². The van der Waals surface area contributed by atoms with Gasteiger partial charge in [-0.2, -0.15) is 0 Å². The van der Waals surface area contributed by atoms with E-state index in [2.05, 4.69) is 27.8 Å². The molecule has 1 atom stereocenters. The molecule has 0 aliphatic carbocycles. The van der Waals surface area contributed by atoms with Gasteiger partial charge in [-0.15, -0.1) is 5.10 Å². The zero-order valence-corrected chi connectivity index (χ0v) is 13.9. The lowest BCUT2D eigenvalue weighted by Gasteiger charge is -2.10. The van der Waals surface area contributed by atoms with E-state index in [1.54, 1.807) is 6.07 Å². The summed E-state index contributed by atoms with van der Waals surface area (Å²) in [5.74, 6) is -0.102. The van der Waals surface area contributed by atoms with Crippen LogP contribution in [0.15, 0.2) is 48.5 Å². The monoisotopic (exact) mass is 336 g/mol. The highest BCUT2D eigenvalue weighted by Crippen LogP contribution is 2.16. The fourth-order valence-corrected chi connectivity index (χ4v) is 3.10. The number of nitrogens with zero attached hydrogens (tertiary/aromatic N) is 3. The maximum absolute atomic E-state index is 12.3. The zero-order valence-electron chi connectivity index (χ0n) is 13.9. The molecule has 0 spiro atoms. The molecule has 2 heterocycles. The second kappa shape index (κ2) is 7.03. The van der Waals surface area contributed by atoms with E-state index in [0.29, 0.717) is 18.7 Å². The van der Waals surface area contributed by atoms with Crippen molar-refractivity contribution in [2.75, 3.05) is 13.2 Å². The quantitative estimate of drug-likeness (QED) is 0.777. The van der Waals surface area contributed by atoms with Crippen molar-refractivity contribution in [1.82, 2.24) is 20.3 Å². The fourth-order valence-electron chi connectivity index (χ4n) is 3.10. The minimum Gasteiger partial charge on any atom is -0.376 e. The Morgan fingerprint density at radius 3 is 2.92 bits per heavy atom. The highest BCUT2D eigenvalue weighted by molar-refractivity contribution is 5.97. The SMILES string of the molecule is O=C(NC[C@H]1CCCO1)c1ccc2c(c1)nnn2Cc1ccccc1. The average Bonchev–Trinajstić information content (AvgIpc) is 3.30. The molecule has 1 aromatic heterocycles. The average molecular weight is 336 g/mol. The third kappa shape index (κ3) is 3.53. The summed E-state index contributed by atoms with van der Waals surface area (Å²) in [6.07, 6.45) is 2.21. The third-order valence-electron chi connectivity index (χ3n) is 4.47. The normalized spacial score (nSPS) is 17.0. The Hall–Kier alpha value is -2.73. The molecule has 0 radical (unpaired) electrons. The number of fused-ring (bicyclic) bond motifs is 1. The van der Waals surface area contributed by atoms with Gasteiger partial charge < -0.3 is 10.1 Å². The molecule has 0 bridgehead atoms. The first-order valence-corrected chi connectivity index (χ1v) is 8.56. The molecule has 1 fully saturated rings. The van der Waals surface area contributed by atoms with E-state index in [1.165, 1.54) is 0 Å². The number of aromatic nitrogens is 3. The molecule has 0 saturated carbocycles. The van der Waals surface area contributed by atoms with Gasteiger partial charge in [0, 0.05) is 18.7 Å². The molecule has 1 N–H and O–H groups in total. The van der Waals surface area contributed by atoms with Crippen LogP contribution in [0.4, 0.5) is 0 Å². The molecule has 1 saturated heterocycles. The van der Waals surface area contributed by atoms with Crippen LogP contribution in [-0.4, -0.2) is 40.2 Å². The fraction of sp³-hybridized carbons (Fsp3) is 0.316. The Kier molecular flexibility index (Phi) is 4.43. The van der Waals surface area contributed by atoms with Gasteiger partial charge in [-0.05, 0) is 36.6 Å². The van der Waals surface area contributed by atoms with Crippen molar-refractivity contribution in [3.63, 3.8) is 0 Å². The number of carbonyl (C=O) groups excluding carboxylic acids is 1. The lowest BCUT2D eigenvalue weighted by atomic mass is 10.1. The highest BCUT2D eigenvalue weighted by atomic mass is 16.5. The second-order valence-electron chi connectivity index (χ2n) is 6.28. The van der Waals surface area contributed by atoms with E-state index in [9.17, 15) is 4.79 Å². The molecule has 25 heavy (non-hydrogen) atoms. The molecular formula is C19H20N4O2. The van der Waals surface area contributed by atoms with Crippen LogP contribution in [-0.2, 0) is 11.3 Å². The summed E-state index contributed by atoms with van der Waals surface area (Å²) in [4.78, 5) is 12.3. The molecule has 1 aliphatic rings. The standard InChI is InChI=1S/C19H20N4O2/c24-19(20-12-16-7-4-10-25-16)15-8-9-18-17(11-15)21-22-23(18)13-14-5-2-1-3-6-14/h1-3,5-6,8-9,11,16H,4,7,10,12-13H2,(H,20,24)/t16-/m1/s1. The van der Waals surface area contributed by atoms with Crippen molar-refractivity contribution in [2.45, 2.75) is 25.5 Å². The van der Waals surface area contributed by atoms with Gasteiger partial charge >= 0.3 is 0 Å². The zero-order chi connectivity index (χ0) is 17.1. The number of nitrogens with one attached hydrogen (secondary N) is 1. The summed E-state index contributed by atoms with van der Waals surface area (Å²) in [7, 11) is 0. The Morgan fingerprint density at radius 2 is 2.12 bits per heavy atom. The Labute approximate surface area is 145 Å². The van der Waals surface area contributed by atoms with Crippen molar-refractivity contribution in [2.24, 2.45) is 0 Å². The maximum Gasteiger partial charge on any atom is 0.251 e. The van der Waals surface area contributed by atoms with E-state index in [-0.39, 0.29) is 12.0 Å². The van der Waals surface area contributed by atoms with E-state index < -0.39 is 0 Å². The number of hydrogen-bond donors (Lipinski definition) is 1.